The Bertz CT molecular complexity index is 189. The molecule has 0 aromatic rings. The van der Waals surface area contributed by atoms with Gasteiger partial charge in [0.05, 0.1) is 5.41 Å². The molecule has 0 amide bonds. The maximum atomic E-state index is 11.0. The summed E-state index contributed by atoms with van der Waals surface area (Å²) in [5.41, 5.74) is -0.640. The Hall–Kier alpha value is -0.570. The number of aliphatic carboxylic acids is 1. The van der Waals surface area contributed by atoms with Crippen LogP contribution in [0.1, 0.15) is 34.1 Å². The van der Waals surface area contributed by atoms with Crippen LogP contribution in [0, 0.1) is 11.3 Å². The molecule has 0 bridgehead atoms. The fourth-order valence-corrected chi connectivity index (χ4v) is 1.62. The number of carbonyl (C=O) groups is 1. The number of hydrogen-bond acceptors (Lipinski definition) is 2. The summed E-state index contributed by atoms with van der Waals surface area (Å²) in [7, 11) is 4.01. The minimum Gasteiger partial charge on any atom is -0.481 e. The molecule has 0 fully saturated rings. The van der Waals surface area contributed by atoms with Crippen LogP contribution in [0.5, 0.6) is 0 Å². The van der Waals surface area contributed by atoms with Gasteiger partial charge in [-0.1, -0.05) is 13.8 Å². The van der Waals surface area contributed by atoms with Crippen LogP contribution in [0.2, 0.25) is 0 Å². The summed E-state index contributed by atoms with van der Waals surface area (Å²) < 4.78 is 0. The van der Waals surface area contributed by atoms with Gasteiger partial charge in [0.15, 0.2) is 0 Å². The lowest BCUT2D eigenvalue weighted by molar-refractivity contribution is -0.148. The fourth-order valence-electron chi connectivity index (χ4n) is 1.62. The van der Waals surface area contributed by atoms with Crippen molar-refractivity contribution in [3.8, 4) is 0 Å². The van der Waals surface area contributed by atoms with Gasteiger partial charge in [-0.25, -0.2) is 0 Å². The number of hydrogen-bond donors (Lipinski definition) is 1. The highest BCUT2D eigenvalue weighted by molar-refractivity contribution is 5.73. The number of rotatable bonds is 5. The molecule has 0 aliphatic heterocycles. The summed E-state index contributed by atoms with van der Waals surface area (Å²) in [4.78, 5) is 13.1. The third-order valence-electron chi connectivity index (χ3n) is 2.73. The molecule has 0 radical (unpaired) electrons. The highest BCUT2D eigenvalue weighted by Gasteiger charge is 2.32. The minimum atomic E-state index is -0.718. The molecule has 0 saturated heterocycles. The van der Waals surface area contributed by atoms with Crippen molar-refractivity contribution in [2.45, 2.75) is 40.2 Å². The molecule has 3 nitrogen and oxygen atoms in total. The minimum absolute atomic E-state index is 0.320. The summed E-state index contributed by atoms with van der Waals surface area (Å²) in [6.07, 6.45) is 0.688. The first-order valence-corrected chi connectivity index (χ1v) is 5.08. The molecule has 1 unspecified atom stereocenters. The SMILES string of the molecule is CC(C)C(CC(C)(C)C(=O)O)N(C)C. The topological polar surface area (TPSA) is 40.5 Å². The molecular formula is C11H23NO2. The first-order valence-electron chi connectivity index (χ1n) is 5.08. The van der Waals surface area contributed by atoms with Crippen molar-refractivity contribution >= 4 is 5.97 Å². The summed E-state index contributed by atoms with van der Waals surface area (Å²) in [5, 5.41) is 9.04. The highest BCUT2D eigenvalue weighted by atomic mass is 16.4. The van der Waals surface area contributed by atoms with E-state index in [2.05, 4.69) is 18.7 Å². The lowest BCUT2D eigenvalue weighted by Crippen LogP contribution is -2.39. The van der Waals surface area contributed by atoms with Crippen LogP contribution < -0.4 is 0 Å². The van der Waals surface area contributed by atoms with Crippen LogP contribution >= 0.6 is 0 Å². The Kier molecular flexibility index (Phi) is 4.59. The molecule has 0 rings (SSSR count). The van der Waals surface area contributed by atoms with Gasteiger partial charge in [-0.3, -0.25) is 4.79 Å². The molecule has 0 spiro atoms. The van der Waals surface area contributed by atoms with Crippen molar-refractivity contribution in [1.82, 2.24) is 4.90 Å². The van der Waals surface area contributed by atoms with E-state index in [0.717, 1.165) is 0 Å². The van der Waals surface area contributed by atoms with Gasteiger partial charge in [0.1, 0.15) is 0 Å². The molecule has 0 aliphatic rings. The number of carboxylic acid groups (broad SMARTS) is 1. The number of carboxylic acids is 1. The fraction of sp³-hybridized carbons (Fsp3) is 0.909. The highest BCUT2D eigenvalue weighted by Crippen LogP contribution is 2.27. The van der Waals surface area contributed by atoms with Crippen molar-refractivity contribution in [3.05, 3.63) is 0 Å². The van der Waals surface area contributed by atoms with E-state index in [1.165, 1.54) is 0 Å². The second-order valence-electron chi connectivity index (χ2n) is 5.17. The van der Waals surface area contributed by atoms with Crippen molar-refractivity contribution in [3.63, 3.8) is 0 Å². The van der Waals surface area contributed by atoms with Crippen molar-refractivity contribution < 1.29 is 9.90 Å². The molecule has 0 aliphatic carbocycles. The number of nitrogens with zero attached hydrogens (tertiary/aromatic N) is 1. The van der Waals surface area contributed by atoms with Crippen LogP contribution in [-0.2, 0) is 4.79 Å². The van der Waals surface area contributed by atoms with Crippen LogP contribution in [0.15, 0.2) is 0 Å². The van der Waals surface area contributed by atoms with Gasteiger partial charge in [0.2, 0.25) is 0 Å². The molecule has 0 aromatic heterocycles. The Balaban J connectivity index is 4.52. The molecule has 1 atom stereocenters. The second kappa shape index (κ2) is 4.78. The van der Waals surface area contributed by atoms with E-state index in [0.29, 0.717) is 18.4 Å². The Morgan fingerprint density at radius 1 is 1.36 bits per heavy atom. The van der Waals surface area contributed by atoms with E-state index in [1.807, 2.05) is 14.1 Å². The lowest BCUT2D eigenvalue weighted by Gasteiger charge is -2.33. The third-order valence-corrected chi connectivity index (χ3v) is 2.73. The van der Waals surface area contributed by atoms with Gasteiger partial charge < -0.3 is 10.0 Å². The van der Waals surface area contributed by atoms with E-state index < -0.39 is 11.4 Å². The largest absolute Gasteiger partial charge is 0.481 e. The molecule has 84 valence electrons. The van der Waals surface area contributed by atoms with Crippen LogP contribution in [-0.4, -0.2) is 36.1 Å². The average Bonchev–Trinajstić information content (AvgIpc) is 1.98. The maximum absolute atomic E-state index is 11.0. The zero-order valence-corrected chi connectivity index (χ0v) is 10.2. The zero-order valence-electron chi connectivity index (χ0n) is 10.2. The predicted molar refractivity (Wildman–Crippen MR) is 58.3 cm³/mol. The van der Waals surface area contributed by atoms with Crippen LogP contribution in [0.4, 0.5) is 0 Å². The quantitative estimate of drug-likeness (QED) is 0.740. The Morgan fingerprint density at radius 2 is 1.79 bits per heavy atom. The maximum Gasteiger partial charge on any atom is 0.309 e. The van der Waals surface area contributed by atoms with Gasteiger partial charge in [0.25, 0.3) is 0 Å². The predicted octanol–water partition coefficient (Wildman–Crippen LogP) is 2.07. The molecule has 14 heavy (non-hydrogen) atoms. The van der Waals surface area contributed by atoms with Gasteiger partial charge in [0, 0.05) is 6.04 Å². The molecule has 0 heterocycles. The summed E-state index contributed by atoms with van der Waals surface area (Å²) >= 11 is 0. The zero-order chi connectivity index (χ0) is 11.5. The second-order valence-corrected chi connectivity index (χ2v) is 5.17. The molecular weight excluding hydrogens is 178 g/mol. The van der Waals surface area contributed by atoms with Gasteiger partial charge in [-0.15, -0.1) is 0 Å². The Morgan fingerprint density at radius 3 is 2.00 bits per heavy atom. The first kappa shape index (κ1) is 13.4. The van der Waals surface area contributed by atoms with Crippen LogP contribution in [0.3, 0.4) is 0 Å². The van der Waals surface area contributed by atoms with Gasteiger partial charge in [-0.2, -0.15) is 0 Å². The lowest BCUT2D eigenvalue weighted by atomic mass is 9.82. The standard InChI is InChI=1S/C11H23NO2/c1-8(2)9(12(5)6)7-11(3,4)10(13)14/h8-9H,7H2,1-6H3,(H,13,14). The van der Waals surface area contributed by atoms with E-state index in [9.17, 15) is 4.79 Å². The third kappa shape index (κ3) is 3.66. The van der Waals surface area contributed by atoms with E-state index in [-0.39, 0.29) is 0 Å². The van der Waals surface area contributed by atoms with E-state index in [1.54, 1.807) is 13.8 Å². The van der Waals surface area contributed by atoms with Crippen molar-refractivity contribution in [1.29, 1.82) is 0 Å². The van der Waals surface area contributed by atoms with Gasteiger partial charge >= 0.3 is 5.97 Å². The summed E-state index contributed by atoms with van der Waals surface area (Å²) in [6, 6.07) is 0.320. The van der Waals surface area contributed by atoms with E-state index >= 15 is 0 Å². The van der Waals surface area contributed by atoms with E-state index in [4.69, 9.17) is 5.11 Å². The molecule has 1 N–H and O–H groups in total. The first-order chi connectivity index (χ1) is 6.18. The monoisotopic (exact) mass is 201 g/mol. The molecule has 3 heteroatoms. The van der Waals surface area contributed by atoms with Gasteiger partial charge in [-0.05, 0) is 40.3 Å². The van der Waals surface area contributed by atoms with Crippen molar-refractivity contribution in [2.24, 2.45) is 11.3 Å². The van der Waals surface area contributed by atoms with Crippen LogP contribution in [0.25, 0.3) is 0 Å². The average molecular weight is 201 g/mol. The Labute approximate surface area is 87.1 Å². The normalized spacial score (nSPS) is 14.9. The smallest absolute Gasteiger partial charge is 0.309 e. The molecule has 0 saturated carbocycles. The molecule has 0 aromatic carbocycles. The summed E-state index contributed by atoms with van der Waals surface area (Å²) in [6.45, 7) is 7.83. The van der Waals surface area contributed by atoms with Crippen molar-refractivity contribution in [2.75, 3.05) is 14.1 Å². The summed E-state index contributed by atoms with van der Waals surface area (Å²) in [5.74, 6) is -0.242.